The van der Waals surface area contributed by atoms with Gasteiger partial charge in [0.15, 0.2) is 0 Å². The molecule has 1 N–H and O–H groups in total. The van der Waals surface area contributed by atoms with Crippen LogP contribution in [-0.4, -0.2) is 43.0 Å². The summed E-state index contributed by atoms with van der Waals surface area (Å²) in [7, 11) is -3.23. The molecular weight excluding hydrogens is 290 g/mol. The van der Waals surface area contributed by atoms with Gasteiger partial charge in [0.25, 0.3) is 0 Å². The Morgan fingerprint density at radius 2 is 2.10 bits per heavy atom. The molecule has 0 saturated carbocycles. The topological polar surface area (TPSA) is 79.4 Å². The number of hydrogen-bond acceptors (Lipinski definition) is 4. The summed E-state index contributed by atoms with van der Waals surface area (Å²) in [6.45, 7) is 2.68. The lowest BCUT2D eigenvalue weighted by molar-refractivity contribution is -0.126. The lowest BCUT2D eigenvalue weighted by atomic mass is 9.98. The van der Waals surface area contributed by atoms with E-state index in [1.807, 2.05) is 19.1 Å². The molecule has 0 radical (unpaired) electrons. The van der Waals surface area contributed by atoms with Gasteiger partial charge in [-0.05, 0) is 37.5 Å². The lowest BCUT2D eigenvalue weighted by Gasteiger charge is -2.30. The second-order valence-electron chi connectivity index (χ2n) is 5.47. The first-order valence-electron chi connectivity index (χ1n) is 7.03. The fourth-order valence-corrected chi connectivity index (χ4v) is 3.44. The number of hydrogen-bond donors (Lipinski definition) is 1. The standard InChI is InChI=1S/C14H21N3O3S/c1-11(12-5-7-15-8-6-12)16-14(18)13-4-3-9-17(10-13)21(2,19)20/h5-8,11,13H,3-4,9-10H2,1-2H3,(H,16,18)/t11-,13+/m0/s1. The van der Waals surface area contributed by atoms with E-state index in [9.17, 15) is 13.2 Å². The molecule has 1 amide bonds. The number of piperidine rings is 1. The van der Waals surface area contributed by atoms with E-state index in [2.05, 4.69) is 10.3 Å². The first-order chi connectivity index (χ1) is 9.88. The summed E-state index contributed by atoms with van der Waals surface area (Å²) in [4.78, 5) is 16.3. The number of pyridine rings is 1. The maximum atomic E-state index is 12.3. The third-order valence-corrected chi connectivity index (χ3v) is 5.06. The molecule has 2 heterocycles. The Kier molecular flexibility index (Phi) is 4.95. The van der Waals surface area contributed by atoms with Crippen LogP contribution >= 0.6 is 0 Å². The molecule has 0 spiro atoms. The molecule has 2 rings (SSSR count). The lowest BCUT2D eigenvalue weighted by Crippen LogP contribution is -2.45. The second kappa shape index (κ2) is 6.53. The molecule has 1 saturated heterocycles. The summed E-state index contributed by atoms with van der Waals surface area (Å²) in [5, 5.41) is 2.95. The Hall–Kier alpha value is -1.47. The predicted molar refractivity (Wildman–Crippen MR) is 79.9 cm³/mol. The summed E-state index contributed by atoms with van der Waals surface area (Å²) in [6.07, 6.45) is 6.00. The van der Waals surface area contributed by atoms with E-state index in [0.29, 0.717) is 6.54 Å². The van der Waals surface area contributed by atoms with Gasteiger partial charge < -0.3 is 5.32 Å². The fraction of sp³-hybridized carbons (Fsp3) is 0.571. The zero-order valence-electron chi connectivity index (χ0n) is 12.3. The summed E-state index contributed by atoms with van der Waals surface area (Å²) < 4.78 is 24.6. The minimum absolute atomic E-state index is 0.0901. The van der Waals surface area contributed by atoms with Gasteiger partial charge in [0, 0.05) is 25.5 Å². The van der Waals surface area contributed by atoms with E-state index in [4.69, 9.17) is 0 Å². The Balaban J connectivity index is 1.97. The van der Waals surface area contributed by atoms with Crippen molar-refractivity contribution in [2.75, 3.05) is 19.3 Å². The van der Waals surface area contributed by atoms with Crippen LogP contribution in [0.2, 0.25) is 0 Å². The average molecular weight is 311 g/mol. The van der Waals surface area contributed by atoms with Crippen molar-refractivity contribution >= 4 is 15.9 Å². The number of amides is 1. The first kappa shape index (κ1) is 15.9. The van der Waals surface area contributed by atoms with Gasteiger partial charge in [0.1, 0.15) is 0 Å². The fourth-order valence-electron chi connectivity index (χ4n) is 2.52. The van der Waals surface area contributed by atoms with Crippen LogP contribution < -0.4 is 5.32 Å². The number of aromatic nitrogens is 1. The molecule has 0 aliphatic carbocycles. The molecule has 6 nitrogen and oxygen atoms in total. The molecule has 0 aromatic carbocycles. The molecule has 21 heavy (non-hydrogen) atoms. The first-order valence-corrected chi connectivity index (χ1v) is 8.88. The van der Waals surface area contributed by atoms with Crippen molar-refractivity contribution in [1.29, 1.82) is 0 Å². The SMILES string of the molecule is C[C@H](NC(=O)[C@@H]1CCCN(S(C)(=O)=O)C1)c1ccncc1. The maximum Gasteiger partial charge on any atom is 0.224 e. The number of nitrogens with one attached hydrogen (secondary N) is 1. The molecule has 1 aromatic rings. The third-order valence-electron chi connectivity index (χ3n) is 3.79. The molecule has 1 aliphatic heterocycles. The molecule has 7 heteroatoms. The molecule has 0 unspecified atom stereocenters. The summed E-state index contributed by atoms with van der Waals surface area (Å²) in [5.41, 5.74) is 0.981. The highest BCUT2D eigenvalue weighted by molar-refractivity contribution is 7.88. The average Bonchev–Trinajstić information content (AvgIpc) is 2.47. The van der Waals surface area contributed by atoms with Crippen LogP contribution in [0.4, 0.5) is 0 Å². The Morgan fingerprint density at radius 1 is 1.43 bits per heavy atom. The molecule has 2 atom stereocenters. The molecule has 116 valence electrons. The number of carbonyl (C=O) groups is 1. The van der Waals surface area contributed by atoms with Crippen molar-refractivity contribution in [1.82, 2.24) is 14.6 Å². The van der Waals surface area contributed by atoms with Crippen molar-refractivity contribution in [3.63, 3.8) is 0 Å². The zero-order chi connectivity index (χ0) is 15.5. The molecule has 1 aliphatic rings. The number of rotatable bonds is 4. The molecule has 1 fully saturated rings. The van der Waals surface area contributed by atoms with Gasteiger partial charge >= 0.3 is 0 Å². The van der Waals surface area contributed by atoms with Gasteiger partial charge in [-0.25, -0.2) is 12.7 Å². The van der Waals surface area contributed by atoms with Gasteiger partial charge in [0.2, 0.25) is 15.9 Å². The van der Waals surface area contributed by atoms with E-state index in [-0.39, 0.29) is 24.4 Å². The van der Waals surface area contributed by atoms with Gasteiger partial charge in [-0.15, -0.1) is 0 Å². The van der Waals surface area contributed by atoms with Crippen molar-refractivity contribution in [3.05, 3.63) is 30.1 Å². The van der Waals surface area contributed by atoms with E-state index in [0.717, 1.165) is 18.4 Å². The summed E-state index contributed by atoms with van der Waals surface area (Å²) in [6, 6.07) is 3.59. The zero-order valence-corrected chi connectivity index (χ0v) is 13.1. The van der Waals surface area contributed by atoms with E-state index >= 15 is 0 Å². The van der Waals surface area contributed by atoms with Crippen molar-refractivity contribution in [2.24, 2.45) is 5.92 Å². The van der Waals surface area contributed by atoms with E-state index < -0.39 is 10.0 Å². The minimum Gasteiger partial charge on any atom is -0.349 e. The number of nitrogens with zero attached hydrogens (tertiary/aromatic N) is 2. The highest BCUT2D eigenvalue weighted by Gasteiger charge is 2.30. The van der Waals surface area contributed by atoms with Crippen LogP contribution in [0.1, 0.15) is 31.4 Å². The van der Waals surface area contributed by atoms with Gasteiger partial charge in [-0.1, -0.05) is 0 Å². The van der Waals surface area contributed by atoms with Crippen LogP contribution in [0.5, 0.6) is 0 Å². The van der Waals surface area contributed by atoms with Gasteiger partial charge in [-0.3, -0.25) is 9.78 Å². The monoisotopic (exact) mass is 311 g/mol. The minimum atomic E-state index is -3.23. The van der Waals surface area contributed by atoms with Crippen molar-refractivity contribution in [3.8, 4) is 0 Å². The Morgan fingerprint density at radius 3 is 2.71 bits per heavy atom. The third kappa shape index (κ3) is 4.25. The van der Waals surface area contributed by atoms with Crippen molar-refractivity contribution in [2.45, 2.75) is 25.8 Å². The van der Waals surface area contributed by atoms with Gasteiger partial charge in [0.05, 0.1) is 18.2 Å². The molecular formula is C14H21N3O3S. The van der Waals surface area contributed by atoms with Gasteiger partial charge in [-0.2, -0.15) is 0 Å². The van der Waals surface area contributed by atoms with E-state index in [1.165, 1.54) is 10.6 Å². The number of sulfonamides is 1. The summed E-state index contributed by atoms with van der Waals surface area (Å²) in [5.74, 6) is -0.370. The van der Waals surface area contributed by atoms with E-state index in [1.54, 1.807) is 12.4 Å². The highest BCUT2D eigenvalue weighted by Crippen LogP contribution is 2.20. The van der Waals surface area contributed by atoms with Crippen LogP contribution in [0.25, 0.3) is 0 Å². The predicted octanol–water partition coefficient (Wildman–Crippen LogP) is 0.930. The van der Waals surface area contributed by atoms with Crippen LogP contribution in [0.15, 0.2) is 24.5 Å². The Labute approximate surface area is 125 Å². The highest BCUT2D eigenvalue weighted by atomic mass is 32.2. The van der Waals surface area contributed by atoms with Crippen molar-refractivity contribution < 1.29 is 13.2 Å². The van der Waals surface area contributed by atoms with Crippen LogP contribution in [0, 0.1) is 5.92 Å². The molecule has 0 bridgehead atoms. The van der Waals surface area contributed by atoms with Crippen LogP contribution in [-0.2, 0) is 14.8 Å². The quantitative estimate of drug-likeness (QED) is 0.897. The second-order valence-corrected chi connectivity index (χ2v) is 7.45. The summed E-state index contributed by atoms with van der Waals surface area (Å²) >= 11 is 0. The normalized spacial score (nSPS) is 21.7. The van der Waals surface area contributed by atoms with Crippen LogP contribution in [0.3, 0.4) is 0 Å². The Bertz CT molecular complexity index is 589. The molecule has 1 aromatic heterocycles. The number of carbonyl (C=O) groups excluding carboxylic acids is 1. The smallest absolute Gasteiger partial charge is 0.224 e. The maximum absolute atomic E-state index is 12.3. The largest absolute Gasteiger partial charge is 0.349 e.